The summed E-state index contributed by atoms with van der Waals surface area (Å²) < 4.78 is 33.0. The highest BCUT2D eigenvalue weighted by atomic mass is 19.1. The van der Waals surface area contributed by atoms with Gasteiger partial charge in [0.1, 0.15) is 11.6 Å². The fourth-order valence-electron chi connectivity index (χ4n) is 3.68. The van der Waals surface area contributed by atoms with Crippen LogP contribution in [0.5, 0.6) is 0 Å². The van der Waals surface area contributed by atoms with Gasteiger partial charge in [0.05, 0.1) is 23.6 Å². The second-order valence-electron chi connectivity index (χ2n) is 7.05. The van der Waals surface area contributed by atoms with Crippen molar-refractivity contribution in [2.75, 3.05) is 6.61 Å². The summed E-state index contributed by atoms with van der Waals surface area (Å²) in [5, 5.41) is 11.0. The van der Waals surface area contributed by atoms with Crippen LogP contribution in [-0.4, -0.2) is 28.3 Å². The highest BCUT2D eigenvalue weighted by Gasteiger charge is 2.38. The fraction of sp³-hybridized carbons (Fsp3) is 0.273. The van der Waals surface area contributed by atoms with Crippen molar-refractivity contribution in [1.29, 1.82) is 0 Å². The Balaban J connectivity index is 2.05. The number of benzene rings is 2. The van der Waals surface area contributed by atoms with Gasteiger partial charge in [-0.05, 0) is 31.0 Å². The minimum Gasteiger partial charge on any atom is -0.463 e. The van der Waals surface area contributed by atoms with E-state index in [-0.39, 0.29) is 42.1 Å². The summed E-state index contributed by atoms with van der Waals surface area (Å²) in [6.07, 6.45) is -0.233. The van der Waals surface area contributed by atoms with E-state index in [9.17, 15) is 28.5 Å². The Morgan fingerprint density at radius 2 is 2.00 bits per heavy atom. The van der Waals surface area contributed by atoms with Crippen LogP contribution in [0.4, 0.5) is 14.5 Å². The molecule has 0 N–H and O–H groups in total. The van der Waals surface area contributed by atoms with E-state index in [1.165, 1.54) is 36.1 Å². The van der Waals surface area contributed by atoms with Gasteiger partial charge in [-0.1, -0.05) is 18.2 Å². The average Bonchev–Trinajstić information content (AvgIpc) is 2.71. The quantitative estimate of drug-likeness (QED) is 0.389. The largest absolute Gasteiger partial charge is 0.463 e. The Morgan fingerprint density at radius 3 is 2.65 bits per heavy atom. The number of hydrogen-bond donors (Lipinski definition) is 0. The summed E-state index contributed by atoms with van der Waals surface area (Å²) in [5.74, 6) is -3.67. The molecule has 0 aliphatic carbocycles. The second-order valence-corrected chi connectivity index (χ2v) is 7.05. The summed E-state index contributed by atoms with van der Waals surface area (Å²) >= 11 is 0. The number of carbonyl (C=O) groups is 2. The first kappa shape index (κ1) is 22.1. The Bertz CT molecular complexity index is 1080. The van der Waals surface area contributed by atoms with Crippen molar-refractivity contribution >= 4 is 17.6 Å². The summed E-state index contributed by atoms with van der Waals surface area (Å²) in [5.41, 5.74) is 0.747. The first-order valence-electron chi connectivity index (χ1n) is 9.59. The second kappa shape index (κ2) is 9.03. The van der Waals surface area contributed by atoms with Crippen LogP contribution in [0.3, 0.4) is 0 Å². The maximum absolute atomic E-state index is 14.5. The van der Waals surface area contributed by atoms with Gasteiger partial charge in [-0.15, -0.1) is 0 Å². The van der Waals surface area contributed by atoms with Crippen molar-refractivity contribution in [1.82, 2.24) is 4.90 Å². The van der Waals surface area contributed by atoms with Crippen molar-refractivity contribution in [2.45, 2.75) is 32.7 Å². The van der Waals surface area contributed by atoms with Crippen LogP contribution < -0.4 is 0 Å². The number of nitrogens with zero attached hydrogens (tertiary/aromatic N) is 2. The smallest absolute Gasteiger partial charge is 0.336 e. The van der Waals surface area contributed by atoms with E-state index in [0.717, 1.165) is 6.07 Å². The Kier molecular flexibility index (Phi) is 6.43. The zero-order valence-corrected chi connectivity index (χ0v) is 16.9. The molecule has 2 aromatic carbocycles. The van der Waals surface area contributed by atoms with Gasteiger partial charge in [0, 0.05) is 36.2 Å². The zero-order valence-electron chi connectivity index (χ0n) is 16.9. The molecule has 1 amide bonds. The van der Waals surface area contributed by atoms with Crippen molar-refractivity contribution in [3.63, 3.8) is 0 Å². The minimum absolute atomic E-state index is 0.00608. The van der Waals surface area contributed by atoms with Crippen molar-refractivity contribution in [3.05, 3.63) is 86.6 Å². The van der Waals surface area contributed by atoms with Crippen LogP contribution in [0.2, 0.25) is 0 Å². The van der Waals surface area contributed by atoms with Crippen LogP contribution in [0.25, 0.3) is 0 Å². The molecule has 1 aliphatic heterocycles. The molecule has 9 heteroatoms. The van der Waals surface area contributed by atoms with E-state index in [1.54, 1.807) is 13.0 Å². The molecule has 0 spiro atoms. The molecule has 7 nitrogen and oxygen atoms in total. The number of amides is 1. The van der Waals surface area contributed by atoms with Crippen molar-refractivity contribution < 1.29 is 28.0 Å². The molecule has 0 aromatic heterocycles. The van der Waals surface area contributed by atoms with E-state index < -0.39 is 34.4 Å². The lowest BCUT2D eigenvalue weighted by molar-refractivity contribution is -0.384. The Hall–Kier alpha value is -3.62. The fourth-order valence-corrected chi connectivity index (χ4v) is 3.68. The van der Waals surface area contributed by atoms with Crippen LogP contribution in [0.15, 0.2) is 53.7 Å². The van der Waals surface area contributed by atoms with Gasteiger partial charge in [-0.3, -0.25) is 14.9 Å². The summed E-state index contributed by atoms with van der Waals surface area (Å²) in [6, 6.07) is 8.79. The molecule has 1 unspecified atom stereocenters. The number of allylic oxidation sites excluding steroid dienone is 1. The van der Waals surface area contributed by atoms with Gasteiger partial charge < -0.3 is 9.64 Å². The predicted molar refractivity (Wildman–Crippen MR) is 107 cm³/mol. The molecule has 1 atom stereocenters. The van der Waals surface area contributed by atoms with E-state index >= 15 is 0 Å². The van der Waals surface area contributed by atoms with Gasteiger partial charge in [0.2, 0.25) is 5.91 Å². The zero-order chi connectivity index (χ0) is 22.7. The molecule has 0 saturated heterocycles. The first-order valence-corrected chi connectivity index (χ1v) is 9.59. The Morgan fingerprint density at radius 1 is 1.26 bits per heavy atom. The molecule has 0 saturated carbocycles. The lowest BCUT2D eigenvalue weighted by Gasteiger charge is -2.34. The number of nitro benzene ring substituents is 1. The summed E-state index contributed by atoms with van der Waals surface area (Å²) in [6.45, 7) is 3.23. The van der Waals surface area contributed by atoms with E-state index in [4.69, 9.17) is 4.74 Å². The normalized spacial score (nSPS) is 16.5. The highest BCUT2D eigenvalue weighted by molar-refractivity contribution is 5.95. The van der Waals surface area contributed by atoms with Gasteiger partial charge in [0.15, 0.2) is 0 Å². The maximum Gasteiger partial charge on any atom is 0.336 e. The molecule has 2 aromatic rings. The van der Waals surface area contributed by atoms with Gasteiger partial charge in [-0.25, -0.2) is 13.6 Å². The number of rotatable bonds is 6. The van der Waals surface area contributed by atoms with Gasteiger partial charge in [-0.2, -0.15) is 0 Å². The molecule has 162 valence electrons. The topological polar surface area (TPSA) is 89.8 Å². The molecule has 0 fully saturated rings. The third-order valence-corrected chi connectivity index (χ3v) is 5.12. The lowest BCUT2D eigenvalue weighted by Crippen LogP contribution is -2.38. The molecule has 1 aliphatic rings. The SMILES string of the molecule is CCOC(=O)C1=C(C)N(Cc2cccc([N+](=O)[O-])c2)C(=O)CC1c1ccc(F)cc1F. The number of ether oxygens (including phenoxy) is 1. The molecule has 3 rings (SSSR count). The van der Waals surface area contributed by atoms with Crippen LogP contribution >= 0.6 is 0 Å². The highest BCUT2D eigenvalue weighted by Crippen LogP contribution is 2.39. The van der Waals surface area contributed by atoms with E-state index in [1.807, 2.05) is 0 Å². The predicted octanol–water partition coefficient (Wildman–Crippen LogP) is 4.23. The number of esters is 1. The standard InChI is InChI=1S/C22H20F2N2O5/c1-3-31-22(28)21-13(2)25(12-14-5-4-6-16(9-14)26(29)30)20(27)11-18(21)17-8-7-15(23)10-19(17)24/h4-10,18H,3,11-12H2,1-2H3. The third-order valence-electron chi connectivity index (χ3n) is 5.12. The Labute approximate surface area is 177 Å². The maximum atomic E-state index is 14.5. The molecular formula is C22H20F2N2O5. The van der Waals surface area contributed by atoms with Crippen molar-refractivity contribution in [3.8, 4) is 0 Å². The van der Waals surface area contributed by atoms with E-state index in [0.29, 0.717) is 11.6 Å². The minimum atomic E-state index is -0.937. The van der Waals surface area contributed by atoms with Gasteiger partial charge in [0.25, 0.3) is 5.69 Å². The summed E-state index contributed by atoms with van der Waals surface area (Å²) in [7, 11) is 0. The number of carbonyl (C=O) groups excluding carboxylic acids is 2. The van der Waals surface area contributed by atoms with Crippen molar-refractivity contribution in [2.24, 2.45) is 0 Å². The molecule has 1 heterocycles. The third kappa shape index (κ3) is 4.60. The monoisotopic (exact) mass is 430 g/mol. The molecule has 0 bridgehead atoms. The van der Waals surface area contributed by atoms with Crippen LogP contribution in [-0.2, 0) is 20.9 Å². The number of hydrogen-bond acceptors (Lipinski definition) is 5. The first-order chi connectivity index (χ1) is 14.7. The number of non-ortho nitro benzene ring substituents is 1. The average molecular weight is 430 g/mol. The number of nitro groups is 1. The molecule has 31 heavy (non-hydrogen) atoms. The lowest BCUT2D eigenvalue weighted by atomic mass is 9.83. The van der Waals surface area contributed by atoms with Gasteiger partial charge >= 0.3 is 5.97 Å². The number of halogens is 2. The van der Waals surface area contributed by atoms with Crippen LogP contribution in [0, 0.1) is 21.7 Å². The van der Waals surface area contributed by atoms with E-state index in [2.05, 4.69) is 0 Å². The summed E-state index contributed by atoms with van der Waals surface area (Å²) in [4.78, 5) is 37.5. The molecular weight excluding hydrogens is 410 g/mol. The molecule has 0 radical (unpaired) electrons. The van der Waals surface area contributed by atoms with Crippen LogP contribution in [0.1, 0.15) is 37.3 Å².